The van der Waals surface area contributed by atoms with Gasteiger partial charge in [0.25, 0.3) is 0 Å². The summed E-state index contributed by atoms with van der Waals surface area (Å²) < 4.78 is 26.1. The summed E-state index contributed by atoms with van der Waals surface area (Å²) in [5.74, 6) is -1.16. The van der Waals surface area contributed by atoms with Gasteiger partial charge in [0, 0.05) is 31.3 Å². The molecule has 0 aliphatic carbocycles. The normalized spacial score (nSPS) is 17.3. The molecule has 2 heterocycles. The van der Waals surface area contributed by atoms with Crippen molar-refractivity contribution in [1.82, 2.24) is 9.29 Å². The van der Waals surface area contributed by atoms with Crippen LogP contribution in [0.5, 0.6) is 0 Å². The monoisotopic (exact) mass is 329 g/mol. The first kappa shape index (κ1) is 16.1. The molecule has 1 aromatic rings. The van der Waals surface area contributed by atoms with Crippen molar-refractivity contribution in [3.8, 4) is 0 Å². The first-order valence-electron chi connectivity index (χ1n) is 6.43. The summed E-state index contributed by atoms with van der Waals surface area (Å²) in [5.41, 5.74) is 9.99. The van der Waals surface area contributed by atoms with Crippen LogP contribution in [-0.2, 0) is 14.8 Å². The van der Waals surface area contributed by atoms with Crippen molar-refractivity contribution in [1.29, 1.82) is 0 Å². The van der Waals surface area contributed by atoms with Crippen molar-refractivity contribution in [3.63, 3.8) is 0 Å². The largest absolute Gasteiger partial charge is 0.378 e. The first-order valence-corrected chi connectivity index (χ1v) is 7.87. The number of piperidine rings is 1. The minimum absolute atomic E-state index is 0.119. The quantitative estimate of drug-likeness (QED) is 0.553. The lowest BCUT2D eigenvalue weighted by Crippen LogP contribution is -2.41. The molecule has 1 saturated heterocycles. The fraction of sp³-hybridized carbons (Fsp3) is 0.455. The van der Waals surface area contributed by atoms with E-state index < -0.39 is 26.5 Å². The van der Waals surface area contributed by atoms with Gasteiger partial charge in [-0.3, -0.25) is 14.9 Å². The molecule has 120 valence electrons. The number of carbonyl (C=O) groups is 1. The zero-order chi connectivity index (χ0) is 16.5. The van der Waals surface area contributed by atoms with E-state index >= 15 is 0 Å². The Hall–Kier alpha value is -2.27. The maximum atomic E-state index is 12.5. The molecule has 2 rings (SSSR count). The number of nitrogen functional groups attached to an aromatic ring is 1. The van der Waals surface area contributed by atoms with Crippen LogP contribution in [0, 0.1) is 16.0 Å². The van der Waals surface area contributed by atoms with E-state index in [2.05, 4.69) is 4.98 Å². The number of rotatable bonds is 4. The van der Waals surface area contributed by atoms with E-state index in [-0.39, 0.29) is 29.7 Å². The van der Waals surface area contributed by atoms with E-state index in [0.29, 0.717) is 12.8 Å². The summed E-state index contributed by atoms with van der Waals surface area (Å²) >= 11 is 0. The van der Waals surface area contributed by atoms with Crippen LogP contribution in [-0.4, -0.2) is 41.6 Å². The van der Waals surface area contributed by atoms with Gasteiger partial charge < -0.3 is 11.5 Å². The van der Waals surface area contributed by atoms with E-state index in [1.165, 1.54) is 0 Å². The van der Waals surface area contributed by atoms with Crippen molar-refractivity contribution in [2.24, 2.45) is 11.7 Å². The number of hydrogen-bond donors (Lipinski definition) is 2. The van der Waals surface area contributed by atoms with Gasteiger partial charge in [-0.15, -0.1) is 0 Å². The number of sulfonamides is 1. The second-order valence-electron chi connectivity index (χ2n) is 4.91. The van der Waals surface area contributed by atoms with Crippen LogP contribution in [0.2, 0.25) is 0 Å². The average molecular weight is 329 g/mol. The van der Waals surface area contributed by atoms with E-state index in [1.807, 2.05) is 0 Å². The summed E-state index contributed by atoms with van der Waals surface area (Å²) in [6, 6.07) is 0.887. The number of pyridine rings is 1. The number of anilines is 1. The summed E-state index contributed by atoms with van der Waals surface area (Å²) in [7, 11) is -3.93. The number of aromatic nitrogens is 1. The van der Waals surface area contributed by atoms with Gasteiger partial charge in [0.1, 0.15) is 4.90 Å². The Morgan fingerprint density at radius 1 is 1.41 bits per heavy atom. The van der Waals surface area contributed by atoms with E-state index in [9.17, 15) is 23.3 Å². The molecular weight excluding hydrogens is 314 g/mol. The predicted octanol–water partition coefficient (Wildman–Crippen LogP) is -0.542. The third kappa shape index (κ3) is 2.99. The zero-order valence-corrected chi connectivity index (χ0v) is 12.3. The van der Waals surface area contributed by atoms with Gasteiger partial charge in [-0.2, -0.15) is 4.31 Å². The van der Waals surface area contributed by atoms with Crippen molar-refractivity contribution in [2.45, 2.75) is 17.7 Å². The molecular formula is C11H15N5O5S. The van der Waals surface area contributed by atoms with Gasteiger partial charge in [0.2, 0.25) is 21.7 Å². The van der Waals surface area contributed by atoms with Crippen molar-refractivity contribution < 1.29 is 18.1 Å². The molecule has 0 unspecified atom stereocenters. The Bertz CT molecular complexity index is 712. The third-order valence-corrected chi connectivity index (χ3v) is 5.43. The molecule has 11 heteroatoms. The average Bonchev–Trinajstić information content (AvgIpc) is 2.47. The number of carbonyl (C=O) groups excluding carboxylic acids is 1. The molecule has 0 saturated carbocycles. The Morgan fingerprint density at radius 2 is 2.00 bits per heavy atom. The highest BCUT2D eigenvalue weighted by Gasteiger charge is 2.32. The molecule has 10 nitrogen and oxygen atoms in total. The highest BCUT2D eigenvalue weighted by atomic mass is 32.2. The van der Waals surface area contributed by atoms with Crippen LogP contribution < -0.4 is 11.5 Å². The lowest BCUT2D eigenvalue weighted by Gasteiger charge is -2.29. The van der Waals surface area contributed by atoms with Crippen LogP contribution >= 0.6 is 0 Å². The van der Waals surface area contributed by atoms with Gasteiger partial charge in [0.15, 0.2) is 0 Å². The number of nitrogens with zero attached hydrogens (tertiary/aromatic N) is 3. The van der Waals surface area contributed by atoms with Gasteiger partial charge in [0.05, 0.1) is 4.92 Å². The first-order chi connectivity index (χ1) is 10.2. The number of nitrogens with two attached hydrogens (primary N) is 2. The fourth-order valence-electron chi connectivity index (χ4n) is 2.26. The molecule has 0 atom stereocenters. The number of hydrogen-bond acceptors (Lipinski definition) is 7. The van der Waals surface area contributed by atoms with Crippen LogP contribution in [0.15, 0.2) is 17.2 Å². The summed E-state index contributed by atoms with van der Waals surface area (Å²) in [4.78, 5) is 24.4. The lowest BCUT2D eigenvalue weighted by atomic mass is 9.98. The summed E-state index contributed by atoms with van der Waals surface area (Å²) in [5, 5.41) is 10.8. The Labute approximate surface area is 126 Å². The molecule has 4 N–H and O–H groups in total. The highest BCUT2D eigenvalue weighted by Crippen LogP contribution is 2.27. The molecule has 22 heavy (non-hydrogen) atoms. The SMILES string of the molecule is NC(=O)C1CCN(S(=O)(=O)c2cnc(N)c([N+](=O)[O-])c2)CC1. The minimum atomic E-state index is -3.93. The topological polar surface area (TPSA) is 163 Å². The molecule has 0 radical (unpaired) electrons. The molecule has 0 spiro atoms. The molecule has 1 fully saturated rings. The van der Waals surface area contributed by atoms with Crippen molar-refractivity contribution >= 4 is 27.4 Å². The van der Waals surface area contributed by atoms with Crippen LogP contribution in [0.1, 0.15) is 12.8 Å². The maximum Gasteiger partial charge on any atom is 0.312 e. The highest BCUT2D eigenvalue weighted by molar-refractivity contribution is 7.89. The van der Waals surface area contributed by atoms with Crippen LogP contribution in [0.4, 0.5) is 11.5 Å². The standard InChI is InChI=1S/C11H15N5O5S/c12-10-9(16(18)19)5-8(6-14-10)22(20,21)15-3-1-7(2-4-15)11(13)17/h5-7H,1-4H2,(H2,12,14)(H2,13,17). The molecule has 0 bridgehead atoms. The number of nitro groups is 1. The Morgan fingerprint density at radius 3 is 2.50 bits per heavy atom. The number of amides is 1. The maximum absolute atomic E-state index is 12.5. The van der Waals surface area contributed by atoms with Gasteiger partial charge in [-0.25, -0.2) is 13.4 Å². The predicted molar refractivity (Wildman–Crippen MR) is 76.0 cm³/mol. The lowest BCUT2D eigenvalue weighted by molar-refractivity contribution is -0.384. The number of primary amides is 1. The van der Waals surface area contributed by atoms with Gasteiger partial charge in [-0.05, 0) is 12.8 Å². The molecule has 0 aromatic carbocycles. The van der Waals surface area contributed by atoms with Gasteiger partial charge in [-0.1, -0.05) is 0 Å². The second kappa shape index (κ2) is 5.85. The van der Waals surface area contributed by atoms with E-state index in [1.54, 1.807) is 0 Å². The fourth-order valence-corrected chi connectivity index (χ4v) is 3.70. The molecule has 1 aromatic heterocycles. The minimum Gasteiger partial charge on any atom is -0.378 e. The molecule has 1 amide bonds. The zero-order valence-electron chi connectivity index (χ0n) is 11.5. The van der Waals surface area contributed by atoms with E-state index in [4.69, 9.17) is 11.5 Å². The van der Waals surface area contributed by atoms with Crippen LogP contribution in [0.25, 0.3) is 0 Å². The summed E-state index contributed by atoms with van der Waals surface area (Å²) in [6.45, 7) is 0.238. The summed E-state index contributed by atoms with van der Waals surface area (Å²) in [6.07, 6.45) is 1.62. The van der Waals surface area contributed by atoms with Crippen LogP contribution in [0.3, 0.4) is 0 Å². The van der Waals surface area contributed by atoms with Gasteiger partial charge >= 0.3 is 5.69 Å². The Kier molecular flexibility index (Phi) is 4.28. The second-order valence-corrected chi connectivity index (χ2v) is 6.85. The third-order valence-electron chi connectivity index (χ3n) is 3.56. The van der Waals surface area contributed by atoms with E-state index in [0.717, 1.165) is 16.6 Å². The molecule has 1 aliphatic heterocycles. The smallest absolute Gasteiger partial charge is 0.312 e. The molecule has 1 aliphatic rings. The Balaban J connectivity index is 2.26. The van der Waals surface area contributed by atoms with Crippen molar-refractivity contribution in [3.05, 3.63) is 22.4 Å². The van der Waals surface area contributed by atoms with Crippen molar-refractivity contribution in [2.75, 3.05) is 18.8 Å².